The van der Waals surface area contributed by atoms with Crippen LogP contribution in [0.4, 0.5) is 0 Å². The van der Waals surface area contributed by atoms with Gasteiger partial charge in [0.05, 0.1) is 44.2 Å². The monoisotopic (exact) mass is 684 g/mol. The first-order valence-corrected chi connectivity index (χ1v) is 17.0. The van der Waals surface area contributed by atoms with Crippen LogP contribution < -0.4 is 14.2 Å². The van der Waals surface area contributed by atoms with E-state index in [-0.39, 0.29) is 6.61 Å². The van der Waals surface area contributed by atoms with E-state index in [2.05, 4.69) is 19.7 Å². The molecule has 3 aromatic carbocycles. The molecular formula is C41H48O9. The Kier molecular flexibility index (Phi) is 18.1. The SMILES string of the molecule is C=CC(=C)OCCCCCCOc1ccc(C(=O)Oc2ccc(CCOC(=O)c3ccc(OCCCCCCOC(=O)C=C)cc3)cc2)cc1. The molecule has 0 aliphatic rings. The van der Waals surface area contributed by atoms with Crippen molar-refractivity contribution < 1.29 is 42.8 Å². The first-order chi connectivity index (χ1) is 24.4. The predicted molar refractivity (Wildman–Crippen MR) is 193 cm³/mol. The van der Waals surface area contributed by atoms with Gasteiger partial charge in [-0.25, -0.2) is 14.4 Å². The van der Waals surface area contributed by atoms with Crippen LogP contribution in [0.1, 0.15) is 77.6 Å². The molecule has 0 amide bonds. The molecule has 0 N–H and O–H groups in total. The molecule has 0 aliphatic heterocycles. The minimum Gasteiger partial charge on any atom is -0.494 e. The minimum absolute atomic E-state index is 0.207. The van der Waals surface area contributed by atoms with Crippen LogP contribution in [0.5, 0.6) is 17.2 Å². The summed E-state index contributed by atoms with van der Waals surface area (Å²) >= 11 is 0. The number of rotatable bonds is 25. The first kappa shape index (κ1) is 39.1. The standard InChI is InChI=1S/C41H48O9/c1-4-32(3)45-27-10-6-7-11-28-47-37-24-18-35(19-25-37)41(44)50-38-20-14-33(15-21-38)26-31-49-40(43)34-16-22-36(23-17-34)46-29-12-8-9-13-30-48-39(42)5-2/h4-5,14-25H,1-3,6-13,26-31H2. The Labute approximate surface area is 295 Å². The van der Waals surface area contributed by atoms with Gasteiger partial charge in [0, 0.05) is 12.5 Å². The molecule has 0 atom stereocenters. The summed E-state index contributed by atoms with van der Waals surface area (Å²) < 4.78 is 32.8. The molecule has 0 bridgehead atoms. The molecule has 50 heavy (non-hydrogen) atoms. The largest absolute Gasteiger partial charge is 0.494 e. The maximum atomic E-state index is 12.6. The van der Waals surface area contributed by atoms with Crippen LogP contribution in [-0.4, -0.2) is 50.9 Å². The summed E-state index contributed by atoms with van der Waals surface area (Å²) in [6.07, 6.45) is 10.8. The Hall–Kier alpha value is -5.31. The Morgan fingerprint density at radius 2 is 0.980 bits per heavy atom. The molecule has 9 nitrogen and oxygen atoms in total. The van der Waals surface area contributed by atoms with Gasteiger partial charge in [-0.05, 0) is 124 Å². The van der Waals surface area contributed by atoms with Crippen LogP contribution in [0, 0.1) is 0 Å². The van der Waals surface area contributed by atoms with Gasteiger partial charge >= 0.3 is 17.9 Å². The quantitative estimate of drug-likeness (QED) is 0.0217. The second-order valence-corrected chi connectivity index (χ2v) is 11.4. The molecule has 0 unspecified atom stereocenters. The summed E-state index contributed by atoms with van der Waals surface area (Å²) in [5, 5.41) is 0. The summed E-state index contributed by atoms with van der Waals surface area (Å²) in [6, 6.07) is 20.9. The van der Waals surface area contributed by atoms with Gasteiger partial charge in [-0.1, -0.05) is 31.9 Å². The third kappa shape index (κ3) is 15.7. The number of carbonyl (C=O) groups is 3. The summed E-state index contributed by atoms with van der Waals surface area (Å²) in [6.45, 7) is 13.1. The summed E-state index contributed by atoms with van der Waals surface area (Å²) in [4.78, 5) is 36.1. The van der Waals surface area contributed by atoms with Crippen molar-refractivity contribution >= 4 is 17.9 Å². The molecule has 0 fully saturated rings. The number of unbranched alkanes of at least 4 members (excludes halogenated alkanes) is 6. The highest BCUT2D eigenvalue weighted by Crippen LogP contribution is 2.18. The van der Waals surface area contributed by atoms with Crippen molar-refractivity contribution in [2.24, 2.45) is 0 Å². The zero-order valence-corrected chi connectivity index (χ0v) is 28.8. The highest BCUT2D eigenvalue weighted by atomic mass is 16.5. The maximum absolute atomic E-state index is 12.6. The first-order valence-electron chi connectivity index (χ1n) is 17.0. The molecule has 0 saturated heterocycles. The lowest BCUT2D eigenvalue weighted by molar-refractivity contribution is -0.137. The van der Waals surface area contributed by atoms with E-state index in [0.717, 1.165) is 63.0 Å². The lowest BCUT2D eigenvalue weighted by Gasteiger charge is -2.09. The van der Waals surface area contributed by atoms with E-state index < -0.39 is 17.9 Å². The molecule has 0 saturated carbocycles. The van der Waals surface area contributed by atoms with Gasteiger partial charge in [0.25, 0.3) is 0 Å². The Morgan fingerprint density at radius 1 is 0.500 bits per heavy atom. The normalized spacial score (nSPS) is 10.4. The number of esters is 3. The third-order valence-electron chi connectivity index (χ3n) is 7.48. The maximum Gasteiger partial charge on any atom is 0.343 e. The van der Waals surface area contributed by atoms with E-state index in [4.69, 9.17) is 28.4 Å². The van der Waals surface area contributed by atoms with E-state index in [1.54, 1.807) is 66.7 Å². The molecule has 0 aromatic heterocycles. The third-order valence-corrected chi connectivity index (χ3v) is 7.48. The molecule has 3 rings (SSSR count). The number of carbonyl (C=O) groups excluding carboxylic acids is 3. The van der Waals surface area contributed by atoms with Gasteiger partial charge in [0.1, 0.15) is 23.0 Å². The molecule has 0 spiro atoms. The van der Waals surface area contributed by atoms with E-state index in [1.807, 2.05) is 12.1 Å². The van der Waals surface area contributed by atoms with Crippen LogP contribution >= 0.6 is 0 Å². The van der Waals surface area contributed by atoms with Gasteiger partial charge in [-0.15, -0.1) is 0 Å². The molecule has 9 heteroatoms. The van der Waals surface area contributed by atoms with Crippen molar-refractivity contribution in [1.29, 1.82) is 0 Å². The minimum atomic E-state index is -0.461. The van der Waals surface area contributed by atoms with Crippen LogP contribution in [0.3, 0.4) is 0 Å². The summed E-state index contributed by atoms with van der Waals surface area (Å²) in [7, 11) is 0. The Balaban J connectivity index is 1.27. The van der Waals surface area contributed by atoms with E-state index in [1.165, 1.54) is 0 Å². The topological polar surface area (TPSA) is 107 Å². The number of hydrogen-bond donors (Lipinski definition) is 0. The average molecular weight is 685 g/mol. The molecule has 3 aromatic rings. The van der Waals surface area contributed by atoms with E-state index in [9.17, 15) is 14.4 Å². The van der Waals surface area contributed by atoms with Crippen LogP contribution in [-0.2, 0) is 25.4 Å². The number of benzene rings is 3. The average Bonchev–Trinajstić information content (AvgIpc) is 3.14. The van der Waals surface area contributed by atoms with Crippen molar-refractivity contribution in [1.82, 2.24) is 0 Å². The van der Waals surface area contributed by atoms with Crippen molar-refractivity contribution in [2.45, 2.75) is 57.8 Å². The lowest BCUT2D eigenvalue weighted by Crippen LogP contribution is -2.09. The van der Waals surface area contributed by atoms with Crippen molar-refractivity contribution in [3.8, 4) is 17.2 Å². The van der Waals surface area contributed by atoms with Crippen LogP contribution in [0.25, 0.3) is 0 Å². The van der Waals surface area contributed by atoms with Gasteiger partial charge in [-0.2, -0.15) is 0 Å². The smallest absolute Gasteiger partial charge is 0.343 e. The van der Waals surface area contributed by atoms with Crippen molar-refractivity contribution in [2.75, 3.05) is 33.0 Å². The zero-order chi connectivity index (χ0) is 35.8. The Bertz CT molecular complexity index is 1490. The van der Waals surface area contributed by atoms with E-state index >= 15 is 0 Å². The predicted octanol–water partition coefficient (Wildman–Crippen LogP) is 8.63. The fraction of sp³-hybridized carbons (Fsp3) is 0.341. The van der Waals surface area contributed by atoms with E-state index in [0.29, 0.717) is 67.0 Å². The van der Waals surface area contributed by atoms with Gasteiger partial charge < -0.3 is 28.4 Å². The van der Waals surface area contributed by atoms with Crippen molar-refractivity contribution in [3.05, 3.63) is 127 Å². The fourth-order valence-corrected chi connectivity index (χ4v) is 4.60. The Morgan fingerprint density at radius 3 is 1.50 bits per heavy atom. The van der Waals surface area contributed by atoms with Crippen LogP contribution in [0.2, 0.25) is 0 Å². The molecule has 266 valence electrons. The molecule has 0 radical (unpaired) electrons. The highest BCUT2D eigenvalue weighted by molar-refractivity contribution is 5.91. The van der Waals surface area contributed by atoms with Crippen LogP contribution in [0.15, 0.2) is 110 Å². The summed E-state index contributed by atoms with van der Waals surface area (Å²) in [5.41, 5.74) is 1.80. The second-order valence-electron chi connectivity index (χ2n) is 11.4. The second kappa shape index (κ2) is 23.1. The molecule has 0 aliphatic carbocycles. The highest BCUT2D eigenvalue weighted by Gasteiger charge is 2.11. The number of ether oxygens (including phenoxy) is 6. The lowest BCUT2D eigenvalue weighted by atomic mass is 10.1. The number of allylic oxidation sites excluding steroid dienone is 1. The zero-order valence-electron chi connectivity index (χ0n) is 28.8. The van der Waals surface area contributed by atoms with Gasteiger partial charge in [-0.3, -0.25) is 0 Å². The number of hydrogen-bond acceptors (Lipinski definition) is 9. The van der Waals surface area contributed by atoms with Gasteiger partial charge in [0.2, 0.25) is 0 Å². The molecular weight excluding hydrogens is 636 g/mol. The summed E-state index contributed by atoms with van der Waals surface area (Å²) in [5.74, 6) is 1.13. The van der Waals surface area contributed by atoms with Gasteiger partial charge in [0.15, 0.2) is 0 Å². The van der Waals surface area contributed by atoms with Crippen molar-refractivity contribution in [3.63, 3.8) is 0 Å². The molecule has 0 heterocycles. The fourth-order valence-electron chi connectivity index (χ4n) is 4.60.